The lowest BCUT2D eigenvalue weighted by atomic mass is 10.1. The van der Waals surface area contributed by atoms with Gasteiger partial charge in [0.25, 0.3) is 0 Å². The zero-order valence-electron chi connectivity index (χ0n) is 11.9. The van der Waals surface area contributed by atoms with Gasteiger partial charge in [0.2, 0.25) is 0 Å². The summed E-state index contributed by atoms with van der Waals surface area (Å²) in [5, 5.41) is 12.0. The van der Waals surface area contributed by atoms with Gasteiger partial charge in [-0.05, 0) is 11.6 Å². The number of rotatable bonds is 4. The Labute approximate surface area is 131 Å². The van der Waals surface area contributed by atoms with E-state index < -0.39 is 0 Å². The first-order valence-corrected chi connectivity index (χ1v) is 7.46. The van der Waals surface area contributed by atoms with Crippen LogP contribution in [-0.4, -0.2) is 25.8 Å². The third-order valence-electron chi connectivity index (χ3n) is 2.94. The quantitative estimate of drug-likeness (QED) is 0.773. The molecule has 2 amide bonds. The lowest BCUT2D eigenvalue weighted by Gasteiger charge is -2.06. The highest BCUT2D eigenvalue weighted by molar-refractivity contribution is 7.13. The molecule has 0 aliphatic heterocycles. The molecule has 22 heavy (non-hydrogen) atoms. The predicted octanol–water partition coefficient (Wildman–Crippen LogP) is 2.26. The Morgan fingerprint density at radius 1 is 1.32 bits per heavy atom. The molecule has 0 spiro atoms. The van der Waals surface area contributed by atoms with E-state index in [1.165, 1.54) is 11.3 Å². The van der Waals surface area contributed by atoms with Crippen molar-refractivity contribution in [3.63, 3.8) is 0 Å². The fourth-order valence-electron chi connectivity index (χ4n) is 1.92. The number of carbonyl (C=O) groups is 1. The summed E-state index contributed by atoms with van der Waals surface area (Å²) in [5.41, 5.74) is 2.87. The number of nitrogens with one attached hydrogen (secondary N) is 2. The van der Waals surface area contributed by atoms with Crippen molar-refractivity contribution in [2.45, 2.75) is 6.54 Å². The Balaban J connectivity index is 1.62. The van der Waals surface area contributed by atoms with Gasteiger partial charge in [-0.1, -0.05) is 0 Å². The molecule has 0 saturated heterocycles. The second kappa shape index (κ2) is 6.35. The number of thiazole rings is 1. The van der Waals surface area contributed by atoms with Crippen molar-refractivity contribution in [3.05, 3.63) is 48.0 Å². The van der Waals surface area contributed by atoms with Crippen LogP contribution >= 0.6 is 11.3 Å². The smallest absolute Gasteiger partial charge is 0.321 e. The lowest BCUT2D eigenvalue weighted by molar-refractivity contribution is 0.251. The highest BCUT2D eigenvalue weighted by Crippen LogP contribution is 2.18. The molecule has 0 atom stereocenters. The average molecular weight is 314 g/mol. The van der Waals surface area contributed by atoms with Gasteiger partial charge in [0.15, 0.2) is 5.13 Å². The van der Waals surface area contributed by atoms with E-state index in [0.717, 1.165) is 16.7 Å². The molecule has 2 N–H and O–H groups in total. The minimum atomic E-state index is -0.290. The molecule has 3 rings (SSSR count). The largest absolute Gasteiger partial charge is 0.334 e. The van der Waals surface area contributed by atoms with Gasteiger partial charge in [0.05, 0.1) is 6.20 Å². The molecule has 0 aliphatic carbocycles. The summed E-state index contributed by atoms with van der Waals surface area (Å²) < 4.78 is 1.74. The molecule has 0 radical (unpaired) electrons. The first kappa shape index (κ1) is 14.2. The zero-order chi connectivity index (χ0) is 15.4. The van der Waals surface area contributed by atoms with E-state index in [4.69, 9.17) is 0 Å². The van der Waals surface area contributed by atoms with Crippen molar-refractivity contribution < 1.29 is 4.79 Å². The summed E-state index contributed by atoms with van der Waals surface area (Å²) in [7, 11) is 1.87. The number of anilines is 1. The molecule has 3 heterocycles. The van der Waals surface area contributed by atoms with Crippen LogP contribution in [0.2, 0.25) is 0 Å². The molecule has 0 aromatic carbocycles. The number of hydrogen-bond acceptors (Lipinski definition) is 5. The average Bonchev–Trinajstić information content (AvgIpc) is 3.17. The van der Waals surface area contributed by atoms with E-state index in [1.54, 1.807) is 34.8 Å². The molecule has 0 unspecified atom stereocenters. The van der Waals surface area contributed by atoms with E-state index in [9.17, 15) is 4.79 Å². The van der Waals surface area contributed by atoms with Crippen LogP contribution in [0.3, 0.4) is 0 Å². The Kier molecular flexibility index (Phi) is 4.10. The summed E-state index contributed by atoms with van der Waals surface area (Å²) >= 11 is 1.37. The second-order valence-electron chi connectivity index (χ2n) is 4.63. The van der Waals surface area contributed by atoms with Crippen LogP contribution in [0.25, 0.3) is 11.1 Å². The highest BCUT2D eigenvalue weighted by Gasteiger charge is 2.05. The number of carbonyl (C=O) groups excluding carboxylic acids is 1. The Morgan fingerprint density at radius 3 is 2.95 bits per heavy atom. The van der Waals surface area contributed by atoms with Crippen LogP contribution in [0, 0.1) is 0 Å². The molecule has 7 nitrogen and oxygen atoms in total. The van der Waals surface area contributed by atoms with Crippen molar-refractivity contribution in [1.82, 2.24) is 25.1 Å². The second-order valence-corrected chi connectivity index (χ2v) is 5.52. The summed E-state index contributed by atoms with van der Waals surface area (Å²) in [4.78, 5) is 19.9. The fourth-order valence-corrected chi connectivity index (χ4v) is 2.45. The Morgan fingerprint density at radius 2 is 2.23 bits per heavy atom. The third-order valence-corrected chi connectivity index (χ3v) is 3.63. The van der Waals surface area contributed by atoms with Crippen LogP contribution in [0.1, 0.15) is 5.56 Å². The van der Waals surface area contributed by atoms with Gasteiger partial charge in [-0.15, -0.1) is 11.3 Å². The van der Waals surface area contributed by atoms with Crippen LogP contribution in [0.15, 0.2) is 42.4 Å². The Bertz CT molecular complexity index is 767. The summed E-state index contributed by atoms with van der Waals surface area (Å²) in [6.07, 6.45) is 8.84. The minimum Gasteiger partial charge on any atom is -0.334 e. The van der Waals surface area contributed by atoms with Gasteiger partial charge in [-0.3, -0.25) is 15.0 Å². The van der Waals surface area contributed by atoms with E-state index in [0.29, 0.717) is 11.7 Å². The SMILES string of the molecule is Cn1cc(-c2cncc(CNC(=O)Nc3nccs3)c2)cn1. The molecule has 112 valence electrons. The standard InChI is InChI=1S/C14H14N6OS/c1-20-9-12(8-18-20)11-4-10(5-15-7-11)6-17-13(21)19-14-16-2-3-22-14/h2-5,7-9H,6H2,1H3,(H2,16,17,19,21). The number of aromatic nitrogens is 4. The number of nitrogens with zero attached hydrogens (tertiary/aromatic N) is 4. The number of amides is 2. The van der Waals surface area contributed by atoms with Gasteiger partial charge in [0.1, 0.15) is 0 Å². The molecule has 0 fully saturated rings. The number of aryl methyl sites for hydroxylation is 1. The number of hydrogen-bond donors (Lipinski definition) is 2. The first-order chi connectivity index (χ1) is 10.7. The molecule has 3 aromatic rings. The monoisotopic (exact) mass is 314 g/mol. The van der Waals surface area contributed by atoms with Crippen LogP contribution < -0.4 is 10.6 Å². The first-order valence-electron chi connectivity index (χ1n) is 6.58. The van der Waals surface area contributed by atoms with Gasteiger partial charge < -0.3 is 5.32 Å². The molecule has 0 bridgehead atoms. The van der Waals surface area contributed by atoms with Crippen molar-refractivity contribution >= 4 is 22.5 Å². The maximum absolute atomic E-state index is 11.8. The Hall–Kier alpha value is -2.74. The number of pyridine rings is 1. The van der Waals surface area contributed by atoms with Gasteiger partial charge in [-0.25, -0.2) is 9.78 Å². The summed E-state index contributed by atoms with van der Waals surface area (Å²) in [6.45, 7) is 0.387. The minimum absolute atomic E-state index is 0.290. The van der Waals surface area contributed by atoms with Crippen LogP contribution in [0.5, 0.6) is 0 Å². The molecule has 0 aliphatic rings. The maximum Gasteiger partial charge on any atom is 0.321 e. The topological polar surface area (TPSA) is 84.7 Å². The van der Waals surface area contributed by atoms with E-state index in [2.05, 4.69) is 25.7 Å². The predicted molar refractivity (Wildman–Crippen MR) is 84.4 cm³/mol. The summed E-state index contributed by atoms with van der Waals surface area (Å²) in [6, 6.07) is 1.69. The molecular weight excluding hydrogens is 300 g/mol. The molecule has 0 saturated carbocycles. The third kappa shape index (κ3) is 3.47. The molecular formula is C14H14N6OS. The van der Waals surface area contributed by atoms with Crippen molar-refractivity contribution in [1.29, 1.82) is 0 Å². The van der Waals surface area contributed by atoms with Crippen molar-refractivity contribution in [3.8, 4) is 11.1 Å². The van der Waals surface area contributed by atoms with E-state index in [-0.39, 0.29) is 6.03 Å². The van der Waals surface area contributed by atoms with Crippen LogP contribution in [-0.2, 0) is 13.6 Å². The maximum atomic E-state index is 11.8. The van der Waals surface area contributed by atoms with Gasteiger partial charge in [-0.2, -0.15) is 5.10 Å². The van der Waals surface area contributed by atoms with Crippen molar-refractivity contribution in [2.75, 3.05) is 5.32 Å². The normalized spacial score (nSPS) is 10.4. The lowest BCUT2D eigenvalue weighted by Crippen LogP contribution is -2.28. The number of urea groups is 1. The van der Waals surface area contributed by atoms with E-state index in [1.807, 2.05) is 19.3 Å². The fraction of sp³-hybridized carbons (Fsp3) is 0.143. The molecule has 3 aromatic heterocycles. The molecule has 8 heteroatoms. The highest BCUT2D eigenvalue weighted by atomic mass is 32.1. The van der Waals surface area contributed by atoms with Crippen molar-refractivity contribution in [2.24, 2.45) is 7.05 Å². The van der Waals surface area contributed by atoms with E-state index >= 15 is 0 Å². The van der Waals surface area contributed by atoms with Crippen LogP contribution in [0.4, 0.5) is 9.93 Å². The summed E-state index contributed by atoms with van der Waals surface area (Å²) in [5.74, 6) is 0. The zero-order valence-corrected chi connectivity index (χ0v) is 12.7. The van der Waals surface area contributed by atoms with Gasteiger partial charge >= 0.3 is 6.03 Å². The van der Waals surface area contributed by atoms with Gasteiger partial charge in [0, 0.05) is 54.9 Å².